The van der Waals surface area contributed by atoms with Gasteiger partial charge in [0, 0.05) is 12.7 Å². The fraction of sp³-hybridized carbons (Fsp3) is 0.231. The second-order valence-electron chi connectivity index (χ2n) is 4.42. The van der Waals surface area contributed by atoms with E-state index in [9.17, 15) is 4.79 Å². The van der Waals surface area contributed by atoms with Crippen LogP contribution in [0.3, 0.4) is 0 Å². The van der Waals surface area contributed by atoms with E-state index < -0.39 is 5.91 Å². The monoisotopic (exact) mass is 278 g/mol. The minimum atomic E-state index is -0.455. The van der Waals surface area contributed by atoms with Crippen LogP contribution in [0.4, 0.5) is 0 Å². The van der Waals surface area contributed by atoms with Crippen LogP contribution in [0.15, 0.2) is 30.6 Å². The molecule has 100 valence electrons. The van der Waals surface area contributed by atoms with Crippen molar-refractivity contribution in [3.05, 3.63) is 47.3 Å². The highest BCUT2D eigenvalue weighted by Crippen LogP contribution is 2.18. The lowest BCUT2D eigenvalue weighted by molar-refractivity contribution is 0.100. The molecule has 6 heteroatoms. The molecule has 2 heterocycles. The fourth-order valence-corrected chi connectivity index (χ4v) is 2.20. The first kappa shape index (κ1) is 13.6. The maximum absolute atomic E-state index is 11.0. The molecule has 0 saturated carbocycles. The molecule has 0 fully saturated rings. The van der Waals surface area contributed by atoms with Crippen LogP contribution in [0.5, 0.6) is 0 Å². The third kappa shape index (κ3) is 2.62. The van der Waals surface area contributed by atoms with Crippen molar-refractivity contribution < 1.29 is 4.79 Å². The maximum atomic E-state index is 11.0. The molecule has 2 aromatic rings. The number of primary amides is 1. The number of halogens is 1. The van der Waals surface area contributed by atoms with E-state index in [0.29, 0.717) is 5.56 Å². The molecule has 1 aliphatic heterocycles. The molecule has 1 aromatic heterocycles. The van der Waals surface area contributed by atoms with Crippen molar-refractivity contribution in [2.45, 2.75) is 13.0 Å². The number of amides is 1. The molecular weight excluding hydrogens is 264 g/mol. The van der Waals surface area contributed by atoms with Crippen LogP contribution in [-0.2, 0) is 13.0 Å². The summed E-state index contributed by atoms with van der Waals surface area (Å²) in [5.41, 5.74) is 9.26. The standard InChI is InChI=1S/C13H14N4O.ClH/c14-13(18)11-7-16-17(8-11)12-2-1-10-6-15-4-3-9(10)5-12;/h1-2,5,7-8,15H,3-4,6H2,(H2,14,18);1H. The zero-order chi connectivity index (χ0) is 12.5. The summed E-state index contributed by atoms with van der Waals surface area (Å²) >= 11 is 0. The molecule has 0 saturated heterocycles. The van der Waals surface area contributed by atoms with Gasteiger partial charge in [-0.15, -0.1) is 12.4 Å². The molecule has 0 atom stereocenters. The van der Waals surface area contributed by atoms with Crippen molar-refractivity contribution in [1.82, 2.24) is 15.1 Å². The summed E-state index contributed by atoms with van der Waals surface area (Å²) in [4.78, 5) is 11.0. The topological polar surface area (TPSA) is 72.9 Å². The number of rotatable bonds is 2. The van der Waals surface area contributed by atoms with Crippen LogP contribution in [0, 0.1) is 0 Å². The molecule has 1 amide bonds. The van der Waals surface area contributed by atoms with Crippen LogP contribution in [-0.4, -0.2) is 22.2 Å². The van der Waals surface area contributed by atoms with Gasteiger partial charge in [-0.05, 0) is 36.2 Å². The molecule has 0 unspecified atom stereocenters. The second kappa shape index (κ2) is 5.42. The zero-order valence-electron chi connectivity index (χ0n) is 10.3. The SMILES string of the molecule is Cl.NC(=O)c1cnn(-c2ccc3c(c2)CCNC3)c1. The number of carbonyl (C=O) groups excluding carboxylic acids is 1. The van der Waals surface area contributed by atoms with E-state index in [1.54, 1.807) is 10.9 Å². The van der Waals surface area contributed by atoms with Crippen molar-refractivity contribution in [2.75, 3.05) is 6.54 Å². The van der Waals surface area contributed by atoms with Crippen LogP contribution < -0.4 is 11.1 Å². The van der Waals surface area contributed by atoms with Crippen molar-refractivity contribution in [3.63, 3.8) is 0 Å². The largest absolute Gasteiger partial charge is 0.366 e. The molecule has 0 spiro atoms. The first-order valence-corrected chi connectivity index (χ1v) is 5.91. The Balaban J connectivity index is 0.00000133. The van der Waals surface area contributed by atoms with E-state index in [4.69, 9.17) is 5.73 Å². The molecule has 19 heavy (non-hydrogen) atoms. The van der Waals surface area contributed by atoms with Crippen LogP contribution in [0.2, 0.25) is 0 Å². The highest BCUT2D eigenvalue weighted by molar-refractivity contribution is 5.92. The maximum Gasteiger partial charge on any atom is 0.251 e. The Bertz CT molecular complexity index is 608. The number of aromatic nitrogens is 2. The zero-order valence-corrected chi connectivity index (χ0v) is 11.1. The van der Waals surface area contributed by atoms with E-state index in [0.717, 1.165) is 25.2 Å². The number of fused-ring (bicyclic) bond motifs is 1. The molecule has 0 radical (unpaired) electrons. The lowest BCUT2D eigenvalue weighted by Gasteiger charge is -2.17. The summed E-state index contributed by atoms with van der Waals surface area (Å²) in [6.45, 7) is 1.92. The summed E-state index contributed by atoms with van der Waals surface area (Å²) in [6, 6.07) is 6.22. The second-order valence-corrected chi connectivity index (χ2v) is 4.42. The van der Waals surface area contributed by atoms with E-state index in [-0.39, 0.29) is 12.4 Å². The minimum Gasteiger partial charge on any atom is -0.366 e. The molecular formula is C13H15ClN4O. The molecule has 0 aliphatic carbocycles. The Morgan fingerprint density at radius 3 is 2.95 bits per heavy atom. The Labute approximate surface area is 117 Å². The third-order valence-electron chi connectivity index (χ3n) is 3.21. The van der Waals surface area contributed by atoms with E-state index in [1.807, 2.05) is 6.07 Å². The van der Waals surface area contributed by atoms with Gasteiger partial charge >= 0.3 is 0 Å². The van der Waals surface area contributed by atoms with Gasteiger partial charge in [0.25, 0.3) is 5.91 Å². The predicted octanol–water partition coefficient (Wildman–Crippen LogP) is 1.04. The first-order chi connectivity index (χ1) is 8.74. The van der Waals surface area contributed by atoms with Crippen LogP contribution in [0.25, 0.3) is 5.69 Å². The average Bonchev–Trinajstić information content (AvgIpc) is 2.88. The molecule has 5 nitrogen and oxygen atoms in total. The number of hydrogen-bond donors (Lipinski definition) is 2. The summed E-state index contributed by atoms with van der Waals surface area (Å²) in [5.74, 6) is -0.455. The van der Waals surface area contributed by atoms with Gasteiger partial charge in [0.2, 0.25) is 0 Å². The number of nitrogens with two attached hydrogens (primary N) is 1. The highest BCUT2D eigenvalue weighted by Gasteiger charge is 2.11. The van der Waals surface area contributed by atoms with Gasteiger partial charge < -0.3 is 11.1 Å². The summed E-state index contributed by atoms with van der Waals surface area (Å²) in [6.07, 6.45) is 4.17. The quantitative estimate of drug-likeness (QED) is 0.862. The predicted molar refractivity (Wildman–Crippen MR) is 74.7 cm³/mol. The minimum absolute atomic E-state index is 0. The van der Waals surface area contributed by atoms with Crippen molar-refractivity contribution in [1.29, 1.82) is 0 Å². The Morgan fingerprint density at radius 1 is 1.37 bits per heavy atom. The Hall–Kier alpha value is -1.85. The van der Waals surface area contributed by atoms with Gasteiger partial charge in [-0.2, -0.15) is 5.10 Å². The number of carbonyl (C=O) groups is 1. The molecule has 1 aliphatic rings. The van der Waals surface area contributed by atoms with Gasteiger partial charge in [-0.25, -0.2) is 4.68 Å². The number of nitrogens with one attached hydrogen (secondary N) is 1. The van der Waals surface area contributed by atoms with E-state index >= 15 is 0 Å². The van der Waals surface area contributed by atoms with Crippen molar-refractivity contribution >= 4 is 18.3 Å². The molecule has 0 bridgehead atoms. The fourth-order valence-electron chi connectivity index (χ4n) is 2.20. The summed E-state index contributed by atoms with van der Waals surface area (Å²) in [7, 11) is 0. The smallest absolute Gasteiger partial charge is 0.251 e. The van der Waals surface area contributed by atoms with E-state index in [1.165, 1.54) is 17.3 Å². The lowest BCUT2D eigenvalue weighted by Crippen LogP contribution is -2.23. The molecule has 3 rings (SSSR count). The summed E-state index contributed by atoms with van der Waals surface area (Å²) in [5, 5.41) is 7.49. The van der Waals surface area contributed by atoms with Crippen molar-refractivity contribution in [3.8, 4) is 5.69 Å². The highest BCUT2D eigenvalue weighted by atomic mass is 35.5. The Morgan fingerprint density at radius 2 is 2.21 bits per heavy atom. The van der Waals surface area contributed by atoms with Gasteiger partial charge in [-0.3, -0.25) is 4.79 Å². The lowest BCUT2D eigenvalue weighted by atomic mass is 10.0. The van der Waals surface area contributed by atoms with Crippen LogP contribution >= 0.6 is 12.4 Å². The number of benzene rings is 1. The van der Waals surface area contributed by atoms with Crippen molar-refractivity contribution in [2.24, 2.45) is 5.73 Å². The normalized spacial score (nSPS) is 13.5. The average molecular weight is 279 g/mol. The molecule has 3 N–H and O–H groups in total. The van der Waals surface area contributed by atoms with E-state index in [2.05, 4.69) is 22.5 Å². The Kier molecular flexibility index (Phi) is 3.87. The first-order valence-electron chi connectivity index (χ1n) is 5.91. The van der Waals surface area contributed by atoms with Gasteiger partial charge in [0.1, 0.15) is 0 Å². The van der Waals surface area contributed by atoms with Gasteiger partial charge in [0.05, 0.1) is 17.4 Å². The molecule has 1 aromatic carbocycles. The van der Waals surface area contributed by atoms with Crippen LogP contribution in [0.1, 0.15) is 21.5 Å². The summed E-state index contributed by atoms with van der Waals surface area (Å²) < 4.78 is 1.68. The van der Waals surface area contributed by atoms with Gasteiger partial charge in [0.15, 0.2) is 0 Å². The third-order valence-corrected chi connectivity index (χ3v) is 3.21. The van der Waals surface area contributed by atoms with Gasteiger partial charge in [-0.1, -0.05) is 6.07 Å². The number of nitrogens with zero attached hydrogens (tertiary/aromatic N) is 2. The number of hydrogen-bond acceptors (Lipinski definition) is 3.